The van der Waals surface area contributed by atoms with Crippen LogP contribution in [-0.4, -0.2) is 35.1 Å². The maximum absolute atomic E-state index is 12.3. The molecule has 0 saturated heterocycles. The van der Waals surface area contributed by atoms with Crippen LogP contribution >= 0.6 is 0 Å². The molecule has 144 valence electrons. The number of fused-ring (bicyclic) bond motifs is 1. The zero-order valence-electron chi connectivity index (χ0n) is 15.6. The van der Waals surface area contributed by atoms with Gasteiger partial charge in [0.1, 0.15) is 13.2 Å². The molecular formula is C19H22N2O6. The minimum atomic E-state index is -0.503. The molecule has 1 aliphatic rings. The highest BCUT2D eigenvalue weighted by atomic mass is 16.6. The van der Waals surface area contributed by atoms with Gasteiger partial charge in [0.05, 0.1) is 6.42 Å². The Morgan fingerprint density at radius 1 is 1.11 bits per heavy atom. The lowest BCUT2D eigenvalue weighted by atomic mass is 9.96. The van der Waals surface area contributed by atoms with E-state index >= 15 is 0 Å². The molecule has 0 bridgehead atoms. The van der Waals surface area contributed by atoms with Gasteiger partial charge in [-0.3, -0.25) is 9.59 Å². The molecule has 1 aromatic carbocycles. The molecule has 0 saturated carbocycles. The summed E-state index contributed by atoms with van der Waals surface area (Å²) in [7, 11) is 0. The van der Waals surface area contributed by atoms with E-state index in [1.165, 1.54) is 0 Å². The monoisotopic (exact) mass is 374 g/mol. The number of Topliss-reactive ketones (excluding diaryl/α,β-unsaturated/α-hetero) is 1. The van der Waals surface area contributed by atoms with Crippen LogP contribution < -0.4 is 9.47 Å². The van der Waals surface area contributed by atoms with E-state index < -0.39 is 5.97 Å². The Morgan fingerprint density at radius 3 is 2.56 bits per heavy atom. The number of esters is 1. The molecule has 3 rings (SSSR count). The zero-order valence-corrected chi connectivity index (χ0v) is 15.6. The first-order chi connectivity index (χ1) is 12.8. The molecule has 0 spiro atoms. The molecule has 0 radical (unpaired) electrons. The highest BCUT2D eigenvalue weighted by molar-refractivity contribution is 5.98. The van der Waals surface area contributed by atoms with Crippen LogP contribution in [0, 0.1) is 0 Å². The van der Waals surface area contributed by atoms with Crippen molar-refractivity contribution in [3.8, 4) is 11.5 Å². The van der Waals surface area contributed by atoms with Crippen LogP contribution in [0.15, 0.2) is 22.7 Å². The van der Waals surface area contributed by atoms with Crippen molar-refractivity contribution in [2.45, 2.75) is 45.6 Å². The number of hydrogen-bond donors (Lipinski definition) is 0. The summed E-state index contributed by atoms with van der Waals surface area (Å²) in [6.45, 7) is 6.69. The molecule has 2 aromatic rings. The minimum Gasteiger partial charge on any atom is -0.486 e. The Hall–Kier alpha value is -2.90. The summed E-state index contributed by atoms with van der Waals surface area (Å²) >= 11 is 0. The fourth-order valence-corrected chi connectivity index (χ4v) is 2.41. The van der Waals surface area contributed by atoms with Gasteiger partial charge in [-0.05, 0) is 18.2 Å². The van der Waals surface area contributed by atoms with E-state index in [-0.39, 0.29) is 36.5 Å². The maximum Gasteiger partial charge on any atom is 0.306 e. The first-order valence-electron chi connectivity index (χ1n) is 8.74. The van der Waals surface area contributed by atoms with Gasteiger partial charge < -0.3 is 18.7 Å². The third-order valence-corrected chi connectivity index (χ3v) is 3.92. The Balaban J connectivity index is 1.47. The van der Waals surface area contributed by atoms with Crippen molar-refractivity contribution in [1.82, 2.24) is 10.1 Å². The number of ketones is 1. The number of aromatic nitrogens is 2. The van der Waals surface area contributed by atoms with Crippen LogP contribution in [0.2, 0.25) is 0 Å². The second-order valence-electron chi connectivity index (χ2n) is 7.20. The highest BCUT2D eigenvalue weighted by Crippen LogP contribution is 2.31. The standard InChI is InChI=1S/C19H22N2O6/c1-19(2,3)18-20-16(27-21-18)11-26-17(23)7-5-13(22)12-4-6-14-15(10-12)25-9-8-24-14/h4,6,10H,5,7-9,11H2,1-3H3. The SMILES string of the molecule is CC(C)(C)c1noc(COC(=O)CCC(=O)c2ccc3c(c2)OCCO3)n1. The second-order valence-corrected chi connectivity index (χ2v) is 7.20. The summed E-state index contributed by atoms with van der Waals surface area (Å²) in [6.07, 6.45) is 0.00307. The predicted molar refractivity (Wildman–Crippen MR) is 93.8 cm³/mol. The van der Waals surface area contributed by atoms with Crippen molar-refractivity contribution >= 4 is 11.8 Å². The van der Waals surface area contributed by atoms with Crippen molar-refractivity contribution in [1.29, 1.82) is 0 Å². The molecule has 0 unspecified atom stereocenters. The van der Waals surface area contributed by atoms with Crippen LogP contribution in [0.3, 0.4) is 0 Å². The highest BCUT2D eigenvalue weighted by Gasteiger charge is 2.21. The third-order valence-electron chi connectivity index (χ3n) is 3.92. The van der Waals surface area contributed by atoms with Crippen LogP contribution in [-0.2, 0) is 21.6 Å². The predicted octanol–water partition coefficient (Wildman–Crippen LogP) is 2.84. The number of hydrogen-bond acceptors (Lipinski definition) is 8. The van der Waals surface area contributed by atoms with Gasteiger partial charge in [0.2, 0.25) is 0 Å². The molecule has 27 heavy (non-hydrogen) atoms. The van der Waals surface area contributed by atoms with Crippen molar-refractivity contribution in [3.63, 3.8) is 0 Å². The van der Waals surface area contributed by atoms with Gasteiger partial charge in [-0.2, -0.15) is 4.98 Å². The summed E-state index contributed by atoms with van der Waals surface area (Å²) in [5, 5.41) is 3.86. The average molecular weight is 374 g/mol. The topological polar surface area (TPSA) is 101 Å². The van der Waals surface area contributed by atoms with E-state index in [2.05, 4.69) is 10.1 Å². The molecule has 2 heterocycles. The summed E-state index contributed by atoms with van der Waals surface area (Å²) in [5.41, 5.74) is 0.223. The minimum absolute atomic E-state index is 0.0342. The molecular weight excluding hydrogens is 352 g/mol. The van der Waals surface area contributed by atoms with E-state index in [1.807, 2.05) is 20.8 Å². The molecule has 0 atom stereocenters. The van der Waals surface area contributed by atoms with Gasteiger partial charge in [0.15, 0.2) is 29.7 Å². The van der Waals surface area contributed by atoms with Crippen molar-refractivity contribution < 1.29 is 28.3 Å². The lowest BCUT2D eigenvalue weighted by molar-refractivity contribution is -0.145. The first-order valence-corrected chi connectivity index (χ1v) is 8.74. The van der Waals surface area contributed by atoms with Crippen LogP contribution in [0.4, 0.5) is 0 Å². The van der Waals surface area contributed by atoms with E-state index in [0.717, 1.165) is 0 Å². The summed E-state index contributed by atoms with van der Waals surface area (Å²) in [6, 6.07) is 4.99. The van der Waals surface area contributed by atoms with E-state index in [9.17, 15) is 9.59 Å². The van der Waals surface area contributed by atoms with Crippen molar-refractivity contribution in [2.24, 2.45) is 0 Å². The number of rotatable bonds is 6. The van der Waals surface area contributed by atoms with Crippen LogP contribution in [0.5, 0.6) is 11.5 Å². The second kappa shape index (κ2) is 7.77. The summed E-state index contributed by atoms with van der Waals surface area (Å²) in [4.78, 5) is 28.3. The van der Waals surface area contributed by atoms with Gasteiger partial charge in [0.25, 0.3) is 5.89 Å². The Bertz CT molecular complexity index is 837. The molecule has 1 aliphatic heterocycles. The molecule has 8 nitrogen and oxygen atoms in total. The third kappa shape index (κ3) is 4.84. The van der Waals surface area contributed by atoms with Crippen molar-refractivity contribution in [3.05, 3.63) is 35.5 Å². The Kier molecular flexibility index (Phi) is 5.43. The molecule has 0 fully saturated rings. The van der Waals surface area contributed by atoms with Crippen molar-refractivity contribution in [2.75, 3.05) is 13.2 Å². The number of ether oxygens (including phenoxy) is 3. The number of benzene rings is 1. The fourth-order valence-electron chi connectivity index (χ4n) is 2.41. The quantitative estimate of drug-likeness (QED) is 0.562. The van der Waals surface area contributed by atoms with E-state index in [1.54, 1.807) is 18.2 Å². The number of carbonyl (C=O) groups is 2. The zero-order chi connectivity index (χ0) is 19.4. The largest absolute Gasteiger partial charge is 0.486 e. The van der Waals surface area contributed by atoms with E-state index in [4.69, 9.17) is 18.7 Å². The van der Waals surface area contributed by atoms with Gasteiger partial charge in [0, 0.05) is 17.4 Å². The smallest absolute Gasteiger partial charge is 0.306 e. The molecule has 0 amide bonds. The average Bonchev–Trinajstić information content (AvgIpc) is 3.13. The Morgan fingerprint density at radius 2 is 1.85 bits per heavy atom. The summed E-state index contributed by atoms with van der Waals surface area (Å²) < 4.78 is 21.0. The molecule has 0 aliphatic carbocycles. The van der Waals surface area contributed by atoms with Gasteiger partial charge >= 0.3 is 5.97 Å². The number of nitrogens with zero attached hydrogens (tertiary/aromatic N) is 2. The molecule has 1 aromatic heterocycles. The lowest BCUT2D eigenvalue weighted by Gasteiger charge is -2.18. The van der Waals surface area contributed by atoms with Crippen LogP contribution in [0.1, 0.15) is 55.7 Å². The fraction of sp³-hybridized carbons (Fsp3) is 0.474. The molecule has 8 heteroatoms. The number of carbonyl (C=O) groups excluding carboxylic acids is 2. The first kappa shape index (κ1) is 18.9. The molecule has 0 N–H and O–H groups in total. The van der Waals surface area contributed by atoms with Gasteiger partial charge in [-0.1, -0.05) is 25.9 Å². The Labute approximate surface area is 156 Å². The van der Waals surface area contributed by atoms with Crippen LogP contribution in [0.25, 0.3) is 0 Å². The van der Waals surface area contributed by atoms with Gasteiger partial charge in [-0.25, -0.2) is 0 Å². The summed E-state index contributed by atoms with van der Waals surface area (Å²) in [5.74, 6) is 1.26. The normalized spacial score (nSPS) is 13.3. The van der Waals surface area contributed by atoms with Gasteiger partial charge in [-0.15, -0.1) is 0 Å². The maximum atomic E-state index is 12.3. The van der Waals surface area contributed by atoms with E-state index in [0.29, 0.717) is 36.1 Å². The lowest BCUT2D eigenvalue weighted by Crippen LogP contribution is -2.16.